The monoisotopic (exact) mass is 325 g/mol. The maximum atomic E-state index is 11.0. The summed E-state index contributed by atoms with van der Waals surface area (Å²) in [5.74, 6) is -0.451. The maximum absolute atomic E-state index is 11.0. The fourth-order valence-corrected chi connectivity index (χ4v) is 2.17. The van der Waals surface area contributed by atoms with Crippen molar-refractivity contribution in [1.82, 2.24) is 0 Å². The van der Waals surface area contributed by atoms with E-state index in [0.29, 0.717) is 11.1 Å². The van der Waals surface area contributed by atoms with Crippen molar-refractivity contribution >= 4 is 17.5 Å². The van der Waals surface area contributed by atoms with Crippen LogP contribution in [-0.2, 0) is 11.2 Å². The zero-order chi connectivity index (χ0) is 18.1. The normalized spacial score (nSPS) is 11.0. The van der Waals surface area contributed by atoms with Crippen LogP contribution in [-0.4, -0.2) is 17.5 Å². The van der Waals surface area contributed by atoms with Crippen LogP contribution in [0.1, 0.15) is 47.1 Å². The number of nitrogens with two attached hydrogens (primary N) is 1. The second kappa shape index (κ2) is 9.40. The van der Waals surface area contributed by atoms with E-state index in [1.807, 2.05) is 37.3 Å². The summed E-state index contributed by atoms with van der Waals surface area (Å²) in [5.41, 5.74) is 7.31. The van der Waals surface area contributed by atoms with Gasteiger partial charge in [0.15, 0.2) is 11.6 Å². The Bertz CT molecular complexity index is 675. The van der Waals surface area contributed by atoms with Crippen LogP contribution in [0, 0.1) is 5.92 Å². The number of hydrogen-bond acceptors (Lipinski definition) is 3. The summed E-state index contributed by atoms with van der Waals surface area (Å²) in [6.07, 6.45) is 0.732. The second-order valence-corrected chi connectivity index (χ2v) is 5.65. The molecular weight excluding hydrogens is 302 g/mol. The van der Waals surface area contributed by atoms with Crippen LogP contribution in [0.5, 0.6) is 0 Å². The highest BCUT2D eigenvalue weighted by atomic mass is 16.1. The number of primary amides is 1. The second-order valence-electron chi connectivity index (χ2n) is 5.65. The molecule has 0 fully saturated rings. The van der Waals surface area contributed by atoms with Gasteiger partial charge in [-0.1, -0.05) is 61.5 Å². The molecule has 0 spiro atoms. The molecule has 2 aromatic carbocycles. The van der Waals surface area contributed by atoms with Crippen molar-refractivity contribution in [3.63, 3.8) is 0 Å². The molecule has 2 aromatic rings. The van der Waals surface area contributed by atoms with E-state index in [9.17, 15) is 14.4 Å². The lowest BCUT2D eigenvalue weighted by molar-refractivity contribution is -0.121. The summed E-state index contributed by atoms with van der Waals surface area (Å²) >= 11 is 0. The Balaban J connectivity index is 0.000000240. The van der Waals surface area contributed by atoms with Gasteiger partial charge in [0, 0.05) is 17.0 Å². The zero-order valence-corrected chi connectivity index (χ0v) is 14.3. The number of rotatable bonds is 5. The zero-order valence-electron chi connectivity index (χ0n) is 14.3. The number of carbonyl (C=O) groups excluding carboxylic acids is 3. The lowest BCUT2D eigenvalue weighted by Crippen LogP contribution is -2.22. The highest BCUT2D eigenvalue weighted by Crippen LogP contribution is 2.09. The average Bonchev–Trinajstić information content (AvgIpc) is 2.56. The third-order valence-corrected chi connectivity index (χ3v) is 3.56. The molecule has 1 unspecified atom stereocenters. The van der Waals surface area contributed by atoms with Crippen molar-refractivity contribution in [2.24, 2.45) is 11.7 Å². The Kier molecular flexibility index (Phi) is 7.56. The topological polar surface area (TPSA) is 77.2 Å². The SMILES string of the molecule is CC(=O)c1ccccc1C(C)=O.CC(Cc1ccccc1)C(N)=O. The Morgan fingerprint density at radius 3 is 1.62 bits per heavy atom. The van der Waals surface area contributed by atoms with Crippen LogP contribution in [0.3, 0.4) is 0 Å². The molecule has 0 aliphatic carbocycles. The van der Waals surface area contributed by atoms with Gasteiger partial charge in [-0.3, -0.25) is 14.4 Å². The van der Waals surface area contributed by atoms with Gasteiger partial charge < -0.3 is 5.73 Å². The molecule has 2 rings (SSSR count). The molecular formula is C20H23NO3. The van der Waals surface area contributed by atoms with Crippen molar-refractivity contribution in [3.8, 4) is 0 Å². The van der Waals surface area contributed by atoms with Crippen molar-refractivity contribution in [2.45, 2.75) is 27.2 Å². The Morgan fingerprint density at radius 1 is 0.833 bits per heavy atom. The minimum Gasteiger partial charge on any atom is -0.369 e. The Labute approximate surface area is 142 Å². The fourth-order valence-electron chi connectivity index (χ4n) is 2.17. The van der Waals surface area contributed by atoms with Gasteiger partial charge in [0.25, 0.3) is 0 Å². The van der Waals surface area contributed by atoms with E-state index in [4.69, 9.17) is 5.73 Å². The van der Waals surface area contributed by atoms with Crippen LogP contribution >= 0.6 is 0 Å². The molecule has 0 aliphatic heterocycles. The summed E-state index contributed by atoms with van der Waals surface area (Å²) in [6, 6.07) is 16.7. The molecule has 2 N–H and O–H groups in total. The molecule has 0 radical (unpaired) electrons. The Hall–Kier alpha value is -2.75. The standard InChI is InChI=1S/C10H13NO.C10H10O2/c1-8(10(11)12)7-9-5-3-2-4-6-9;1-7(11)9-5-3-4-6-10(9)8(2)12/h2-6,8H,7H2,1H3,(H2,11,12);3-6H,1-2H3. The average molecular weight is 325 g/mol. The summed E-state index contributed by atoms with van der Waals surface area (Å²) in [4.78, 5) is 32.8. The first-order valence-electron chi connectivity index (χ1n) is 7.77. The summed E-state index contributed by atoms with van der Waals surface area (Å²) in [6.45, 7) is 4.76. The molecule has 126 valence electrons. The van der Waals surface area contributed by atoms with Crippen LogP contribution in [0.2, 0.25) is 0 Å². The van der Waals surface area contributed by atoms with Crippen molar-refractivity contribution in [3.05, 3.63) is 71.3 Å². The first-order valence-corrected chi connectivity index (χ1v) is 7.77. The van der Waals surface area contributed by atoms with E-state index in [2.05, 4.69) is 0 Å². The molecule has 0 bridgehead atoms. The third-order valence-electron chi connectivity index (χ3n) is 3.56. The summed E-state index contributed by atoms with van der Waals surface area (Å²) in [5, 5.41) is 0. The van der Waals surface area contributed by atoms with Crippen molar-refractivity contribution < 1.29 is 14.4 Å². The number of ketones is 2. The summed E-state index contributed by atoms with van der Waals surface area (Å²) < 4.78 is 0. The highest BCUT2D eigenvalue weighted by molar-refractivity contribution is 6.07. The molecule has 1 amide bonds. The third kappa shape index (κ3) is 6.16. The number of hydrogen-bond donors (Lipinski definition) is 1. The number of Topliss-reactive ketones (excluding diaryl/α,β-unsaturated/α-hetero) is 2. The van der Waals surface area contributed by atoms with Crippen molar-refractivity contribution in [1.29, 1.82) is 0 Å². The van der Waals surface area contributed by atoms with Crippen LogP contribution in [0.4, 0.5) is 0 Å². The largest absolute Gasteiger partial charge is 0.369 e. The minimum absolute atomic E-state index is 0.0687. The van der Waals surface area contributed by atoms with Gasteiger partial charge in [-0.2, -0.15) is 0 Å². The predicted molar refractivity (Wildman–Crippen MR) is 95.0 cm³/mol. The molecule has 0 aromatic heterocycles. The molecule has 0 heterocycles. The molecule has 0 aliphatic rings. The van der Waals surface area contributed by atoms with Gasteiger partial charge in [0.05, 0.1) is 0 Å². The first-order chi connectivity index (χ1) is 11.3. The number of carbonyl (C=O) groups is 3. The van der Waals surface area contributed by atoms with Crippen molar-refractivity contribution in [2.75, 3.05) is 0 Å². The van der Waals surface area contributed by atoms with Gasteiger partial charge >= 0.3 is 0 Å². The predicted octanol–water partition coefficient (Wildman–Crippen LogP) is 3.44. The van der Waals surface area contributed by atoms with Gasteiger partial charge in [-0.15, -0.1) is 0 Å². The van der Waals surface area contributed by atoms with Gasteiger partial charge in [0.2, 0.25) is 5.91 Å². The number of amides is 1. The first kappa shape index (κ1) is 19.3. The van der Waals surface area contributed by atoms with E-state index in [-0.39, 0.29) is 23.4 Å². The molecule has 4 nitrogen and oxygen atoms in total. The van der Waals surface area contributed by atoms with E-state index in [1.54, 1.807) is 24.3 Å². The Morgan fingerprint density at radius 2 is 1.25 bits per heavy atom. The van der Waals surface area contributed by atoms with E-state index in [1.165, 1.54) is 13.8 Å². The maximum Gasteiger partial charge on any atom is 0.220 e. The lowest BCUT2D eigenvalue weighted by Gasteiger charge is -2.05. The molecule has 0 saturated carbocycles. The molecule has 4 heteroatoms. The quantitative estimate of drug-likeness (QED) is 0.855. The molecule has 24 heavy (non-hydrogen) atoms. The van der Waals surface area contributed by atoms with Gasteiger partial charge in [-0.25, -0.2) is 0 Å². The van der Waals surface area contributed by atoms with Crippen LogP contribution < -0.4 is 5.73 Å². The number of benzene rings is 2. The fraction of sp³-hybridized carbons (Fsp3) is 0.250. The molecule has 0 saturated heterocycles. The molecule has 1 atom stereocenters. The lowest BCUT2D eigenvalue weighted by atomic mass is 10.0. The smallest absolute Gasteiger partial charge is 0.220 e. The minimum atomic E-state index is -0.237. The van der Waals surface area contributed by atoms with E-state index < -0.39 is 0 Å². The van der Waals surface area contributed by atoms with Gasteiger partial charge in [0.1, 0.15) is 0 Å². The van der Waals surface area contributed by atoms with E-state index in [0.717, 1.165) is 12.0 Å². The highest BCUT2D eigenvalue weighted by Gasteiger charge is 2.09. The van der Waals surface area contributed by atoms with E-state index >= 15 is 0 Å². The van der Waals surface area contributed by atoms with Crippen LogP contribution in [0.25, 0.3) is 0 Å². The summed E-state index contributed by atoms with van der Waals surface area (Å²) in [7, 11) is 0. The van der Waals surface area contributed by atoms with Gasteiger partial charge in [-0.05, 0) is 25.8 Å². The van der Waals surface area contributed by atoms with Crippen LogP contribution in [0.15, 0.2) is 54.6 Å².